The molecule has 1 fully saturated rings. The Bertz CT molecular complexity index is 446. The molecule has 1 heterocycles. The lowest BCUT2D eigenvalue weighted by Gasteiger charge is -2.36. The first kappa shape index (κ1) is 11.4. The number of nitrogens with zero attached hydrogens (tertiary/aromatic N) is 2. The lowest BCUT2D eigenvalue weighted by atomic mass is 10.1. The minimum absolute atomic E-state index is 0.0804. The van der Waals surface area contributed by atoms with Crippen molar-refractivity contribution in [2.45, 2.75) is 19.1 Å². The molecule has 1 unspecified atom stereocenters. The zero-order valence-corrected chi connectivity index (χ0v) is 9.26. The predicted octanol–water partition coefficient (Wildman–Crippen LogP) is 1.36. The van der Waals surface area contributed by atoms with Gasteiger partial charge in [-0.1, -0.05) is 12.1 Å². The van der Waals surface area contributed by atoms with Crippen LogP contribution >= 0.6 is 0 Å². The number of benzene rings is 1. The summed E-state index contributed by atoms with van der Waals surface area (Å²) < 4.78 is 0. The highest BCUT2D eigenvalue weighted by Crippen LogP contribution is 2.14. The largest absolute Gasteiger partial charge is 0.465 e. The summed E-state index contributed by atoms with van der Waals surface area (Å²) in [6.45, 7) is 1.21. The van der Waals surface area contributed by atoms with Gasteiger partial charge in [0.15, 0.2) is 0 Å². The monoisotopic (exact) mass is 231 g/mol. The van der Waals surface area contributed by atoms with Crippen molar-refractivity contribution in [1.82, 2.24) is 10.2 Å². The van der Waals surface area contributed by atoms with Crippen LogP contribution in [0, 0.1) is 11.3 Å². The average molecular weight is 231 g/mol. The molecule has 2 rings (SSSR count). The molecule has 2 N–H and O–H groups in total. The fourth-order valence-corrected chi connectivity index (χ4v) is 1.73. The number of amides is 1. The van der Waals surface area contributed by atoms with Crippen LogP contribution in [-0.4, -0.2) is 28.8 Å². The van der Waals surface area contributed by atoms with E-state index >= 15 is 0 Å². The summed E-state index contributed by atoms with van der Waals surface area (Å²) in [5.41, 5.74) is 1.47. The Morgan fingerprint density at radius 2 is 2.18 bits per heavy atom. The summed E-state index contributed by atoms with van der Waals surface area (Å²) in [4.78, 5) is 12.5. The van der Waals surface area contributed by atoms with E-state index in [0.717, 1.165) is 18.5 Å². The van der Waals surface area contributed by atoms with E-state index in [0.29, 0.717) is 12.1 Å². The smallest absolute Gasteiger partial charge is 0.408 e. The molecule has 5 nitrogen and oxygen atoms in total. The number of hydrogen-bond donors (Lipinski definition) is 2. The molecule has 17 heavy (non-hydrogen) atoms. The quantitative estimate of drug-likeness (QED) is 0.823. The van der Waals surface area contributed by atoms with E-state index in [-0.39, 0.29) is 6.17 Å². The highest BCUT2D eigenvalue weighted by atomic mass is 16.4. The molecule has 1 atom stereocenters. The fraction of sp³-hybridized carbons (Fsp3) is 0.333. The molecular formula is C12H13N3O2. The van der Waals surface area contributed by atoms with E-state index in [9.17, 15) is 4.79 Å². The Morgan fingerprint density at radius 3 is 2.59 bits per heavy atom. The van der Waals surface area contributed by atoms with Gasteiger partial charge in [0.1, 0.15) is 0 Å². The molecule has 0 bridgehead atoms. The van der Waals surface area contributed by atoms with Crippen LogP contribution < -0.4 is 5.32 Å². The molecule has 0 saturated carbocycles. The number of rotatable bonds is 3. The molecule has 88 valence electrons. The van der Waals surface area contributed by atoms with Crippen LogP contribution in [0.25, 0.3) is 0 Å². The van der Waals surface area contributed by atoms with Gasteiger partial charge in [0.05, 0.1) is 24.3 Å². The van der Waals surface area contributed by atoms with Gasteiger partial charge in [0.2, 0.25) is 0 Å². The molecule has 1 aliphatic heterocycles. The number of carboxylic acid groups (broad SMARTS) is 1. The minimum Gasteiger partial charge on any atom is -0.465 e. The molecule has 0 aromatic heterocycles. The van der Waals surface area contributed by atoms with Crippen LogP contribution in [0.1, 0.15) is 17.5 Å². The van der Waals surface area contributed by atoms with Gasteiger partial charge in [-0.15, -0.1) is 0 Å². The molecule has 1 amide bonds. The van der Waals surface area contributed by atoms with E-state index in [4.69, 9.17) is 10.4 Å². The standard InChI is InChI=1S/C12H13N3O2/c13-7-9-1-3-10(4-2-9)8-15(12(16)17)11-5-6-14-11/h1-4,11,14H,5-6,8H2,(H,16,17). The third-order valence-electron chi connectivity index (χ3n) is 2.86. The van der Waals surface area contributed by atoms with Crippen molar-refractivity contribution in [2.24, 2.45) is 0 Å². The molecule has 1 aromatic rings. The Balaban J connectivity index is 2.06. The zero-order valence-electron chi connectivity index (χ0n) is 9.26. The number of carbonyl (C=O) groups is 1. The molecule has 0 radical (unpaired) electrons. The fourth-order valence-electron chi connectivity index (χ4n) is 1.73. The highest BCUT2D eigenvalue weighted by Gasteiger charge is 2.27. The topological polar surface area (TPSA) is 76.4 Å². The van der Waals surface area contributed by atoms with Crippen LogP contribution in [0.2, 0.25) is 0 Å². The Morgan fingerprint density at radius 1 is 1.53 bits per heavy atom. The van der Waals surface area contributed by atoms with Crippen molar-refractivity contribution in [2.75, 3.05) is 6.54 Å². The molecule has 0 spiro atoms. The maximum absolute atomic E-state index is 11.1. The molecule has 1 saturated heterocycles. The van der Waals surface area contributed by atoms with E-state index in [2.05, 4.69) is 5.32 Å². The third kappa shape index (κ3) is 2.55. The maximum Gasteiger partial charge on any atom is 0.408 e. The second kappa shape index (κ2) is 4.85. The van der Waals surface area contributed by atoms with Gasteiger partial charge >= 0.3 is 6.09 Å². The van der Waals surface area contributed by atoms with Crippen LogP contribution in [0.3, 0.4) is 0 Å². The molecule has 0 aliphatic carbocycles. The maximum atomic E-state index is 11.1. The summed E-state index contributed by atoms with van der Waals surface area (Å²) in [7, 11) is 0. The van der Waals surface area contributed by atoms with Gasteiger partial charge in [-0.3, -0.25) is 10.2 Å². The van der Waals surface area contributed by atoms with Crippen molar-refractivity contribution in [3.05, 3.63) is 35.4 Å². The average Bonchev–Trinajstić information content (AvgIpc) is 2.26. The zero-order chi connectivity index (χ0) is 12.3. The first-order chi connectivity index (χ1) is 8.20. The second-order valence-electron chi connectivity index (χ2n) is 3.98. The van der Waals surface area contributed by atoms with Crippen LogP contribution in [0.15, 0.2) is 24.3 Å². The van der Waals surface area contributed by atoms with E-state index in [1.807, 2.05) is 6.07 Å². The summed E-state index contributed by atoms with van der Waals surface area (Å²) in [6, 6.07) is 9.00. The molecule has 1 aliphatic rings. The first-order valence-electron chi connectivity index (χ1n) is 5.42. The van der Waals surface area contributed by atoms with Crippen molar-refractivity contribution in [3.63, 3.8) is 0 Å². The van der Waals surface area contributed by atoms with Gasteiger partial charge in [-0.2, -0.15) is 5.26 Å². The second-order valence-corrected chi connectivity index (χ2v) is 3.98. The van der Waals surface area contributed by atoms with E-state index in [1.54, 1.807) is 24.3 Å². The lowest BCUT2D eigenvalue weighted by molar-refractivity contribution is 0.0831. The van der Waals surface area contributed by atoms with Gasteiger partial charge in [-0.05, 0) is 24.1 Å². The first-order valence-corrected chi connectivity index (χ1v) is 5.42. The van der Waals surface area contributed by atoms with Crippen LogP contribution in [0.5, 0.6) is 0 Å². The van der Waals surface area contributed by atoms with Crippen molar-refractivity contribution in [1.29, 1.82) is 5.26 Å². The number of hydrogen-bond acceptors (Lipinski definition) is 3. The Hall–Kier alpha value is -2.06. The Labute approximate surface area is 99.3 Å². The summed E-state index contributed by atoms with van der Waals surface area (Å²) in [6.07, 6.45) is -0.155. The SMILES string of the molecule is N#Cc1ccc(CN(C(=O)O)C2CCN2)cc1. The van der Waals surface area contributed by atoms with Gasteiger partial charge in [0.25, 0.3) is 0 Å². The Kier molecular flexibility index (Phi) is 3.26. The van der Waals surface area contributed by atoms with Gasteiger partial charge < -0.3 is 5.11 Å². The van der Waals surface area contributed by atoms with Crippen LogP contribution in [-0.2, 0) is 6.54 Å². The number of nitriles is 1. The van der Waals surface area contributed by atoms with Crippen molar-refractivity contribution >= 4 is 6.09 Å². The highest BCUT2D eigenvalue weighted by molar-refractivity contribution is 5.65. The molecular weight excluding hydrogens is 218 g/mol. The van der Waals surface area contributed by atoms with Crippen molar-refractivity contribution < 1.29 is 9.90 Å². The predicted molar refractivity (Wildman–Crippen MR) is 61.1 cm³/mol. The van der Waals surface area contributed by atoms with Gasteiger partial charge in [-0.25, -0.2) is 4.79 Å². The molecule has 5 heteroatoms. The summed E-state index contributed by atoms with van der Waals surface area (Å²) in [5.74, 6) is 0. The van der Waals surface area contributed by atoms with Crippen LogP contribution in [0.4, 0.5) is 4.79 Å². The summed E-state index contributed by atoms with van der Waals surface area (Å²) in [5, 5.41) is 20.8. The normalized spacial score (nSPS) is 17.9. The van der Waals surface area contributed by atoms with Crippen molar-refractivity contribution in [3.8, 4) is 6.07 Å². The third-order valence-corrected chi connectivity index (χ3v) is 2.86. The van der Waals surface area contributed by atoms with E-state index < -0.39 is 6.09 Å². The van der Waals surface area contributed by atoms with Gasteiger partial charge in [0, 0.05) is 6.54 Å². The molecule has 1 aromatic carbocycles. The lowest BCUT2D eigenvalue weighted by Crippen LogP contribution is -2.56. The number of nitrogens with one attached hydrogen (secondary N) is 1. The minimum atomic E-state index is -0.924. The summed E-state index contributed by atoms with van der Waals surface area (Å²) >= 11 is 0. The van der Waals surface area contributed by atoms with E-state index in [1.165, 1.54) is 4.90 Å².